The van der Waals surface area contributed by atoms with E-state index in [1.54, 1.807) is 0 Å². The van der Waals surface area contributed by atoms with E-state index in [1.807, 2.05) is 0 Å². The molecule has 1 unspecified atom stereocenters. The molecule has 1 aliphatic rings. The highest BCUT2D eigenvalue weighted by Gasteiger charge is 2.12. The number of rotatable bonds is 4. The van der Waals surface area contributed by atoms with E-state index in [9.17, 15) is 0 Å². The van der Waals surface area contributed by atoms with Crippen LogP contribution in [0.1, 0.15) is 18.9 Å². The summed E-state index contributed by atoms with van der Waals surface area (Å²) >= 11 is 3.48. The van der Waals surface area contributed by atoms with Crippen molar-refractivity contribution in [3.63, 3.8) is 0 Å². The highest BCUT2D eigenvalue weighted by molar-refractivity contribution is 9.10. The average Bonchev–Trinajstić information content (AvgIpc) is 2.61. The number of nitrogens with zero attached hydrogens (tertiary/aromatic N) is 1. The minimum Gasteiger partial charge on any atom is -0.315 e. The number of hydrogen-bond donors (Lipinski definition) is 1. The molecule has 1 N–H and O–H groups in total. The molecule has 0 amide bonds. The van der Waals surface area contributed by atoms with Crippen molar-refractivity contribution in [2.75, 3.05) is 32.7 Å². The Bertz CT molecular complexity index is 342. The van der Waals surface area contributed by atoms with Crippen molar-refractivity contribution in [3.05, 3.63) is 34.3 Å². The summed E-state index contributed by atoms with van der Waals surface area (Å²) < 4.78 is 1.16. The standard InChI is InChI=1S/C15H23BrN2/c1-13(11-14-3-5-15(16)6-4-14)12-18-9-2-7-17-8-10-18/h3-6,13,17H,2,7-12H2,1H3. The van der Waals surface area contributed by atoms with Gasteiger partial charge in [0.2, 0.25) is 0 Å². The molecule has 0 aliphatic carbocycles. The van der Waals surface area contributed by atoms with Gasteiger partial charge in [0.25, 0.3) is 0 Å². The van der Waals surface area contributed by atoms with Crippen LogP contribution in [0, 0.1) is 5.92 Å². The lowest BCUT2D eigenvalue weighted by molar-refractivity contribution is 0.251. The second-order valence-corrected chi connectivity index (χ2v) is 6.26. The van der Waals surface area contributed by atoms with Gasteiger partial charge in [0.1, 0.15) is 0 Å². The molecule has 1 atom stereocenters. The maximum absolute atomic E-state index is 3.48. The van der Waals surface area contributed by atoms with Gasteiger partial charge in [-0.2, -0.15) is 0 Å². The van der Waals surface area contributed by atoms with Gasteiger partial charge in [0.05, 0.1) is 0 Å². The fourth-order valence-corrected chi connectivity index (χ4v) is 2.88. The molecule has 2 nitrogen and oxygen atoms in total. The molecule has 3 heteroatoms. The molecule has 100 valence electrons. The fourth-order valence-electron chi connectivity index (χ4n) is 2.61. The second-order valence-electron chi connectivity index (χ2n) is 5.34. The molecule has 0 radical (unpaired) electrons. The highest BCUT2D eigenvalue weighted by Crippen LogP contribution is 2.14. The summed E-state index contributed by atoms with van der Waals surface area (Å²) in [6.45, 7) is 8.35. The second kappa shape index (κ2) is 7.27. The Morgan fingerprint density at radius 3 is 2.78 bits per heavy atom. The molecule has 0 saturated carbocycles. The van der Waals surface area contributed by atoms with Crippen molar-refractivity contribution < 1.29 is 0 Å². The van der Waals surface area contributed by atoms with Crippen molar-refractivity contribution in [1.82, 2.24) is 10.2 Å². The first-order valence-electron chi connectivity index (χ1n) is 6.91. The lowest BCUT2D eigenvalue weighted by atomic mass is 10.0. The predicted octanol–water partition coefficient (Wildman–Crippen LogP) is 2.92. The van der Waals surface area contributed by atoms with E-state index in [-0.39, 0.29) is 0 Å². The van der Waals surface area contributed by atoms with Gasteiger partial charge in [-0.05, 0) is 49.5 Å². The fraction of sp³-hybridized carbons (Fsp3) is 0.600. The first-order valence-corrected chi connectivity index (χ1v) is 7.71. The van der Waals surface area contributed by atoms with E-state index in [4.69, 9.17) is 0 Å². The molecule has 1 aromatic rings. The van der Waals surface area contributed by atoms with Crippen LogP contribution < -0.4 is 5.32 Å². The molecule has 1 aromatic carbocycles. The number of benzene rings is 1. The predicted molar refractivity (Wildman–Crippen MR) is 80.9 cm³/mol. The Kier molecular flexibility index (Phi) is 5.67. The highest BCUT2D eigenvalue weighted by atomic mass is 79.9. The first kappa shape index (κ1) is 14.0. The van der Waals surface area contributed by atoms with E-state index in [1.165, 1.54) is 44.6 Å². The van der Waals surface area contributed by atoms with E-state index < -0.39 is 0 Å². The Morgan fingerprint density at radius 2 is 2.00 bits per heavy atom. The van der Waals surface area contributed by atoms with E-state index in [2.05, 4.69) is 57.3 Å². The van der Waals surface area contributed by atoms with Crippen LogP contribution in [0.4, 0.5) is 0 Å². The summed E-state index contributed by atoms with van der Waals surface area (Å²) in [5, 5.41) is 3.46. The van der Waals surface area contributed by atoms with Crippen LogP contribution in [0.2, 0.25) is 0 Å². The summed E-state index contributed by atoms with van der Waals surface area (Å²) in [7, 11) is 0. The first-order chi connectivity index (χ1) is 8.74. The maximum Gasteiger partial charge on any atom is 0.0175 e. The normalized spacial score (nSPS) is 19.4. The van der Waals surface area contributed by atoms with Gasteiger partial charge in [0, 0.05) is 24.1 Å². The molecule has 0 aromatic heterocycles. The van der Waals surface area contributed by atoms with Gasteiger partial charge < -0.3 is 10.2 Å². The van der Waals surface area contributed by atoms with E-state index in [0.29, 0.717) is 0 Å². The molecule has 2 rings (SSSR count). The van der Waals surface area contributed by atoms with Gasteiger partial charge in [0.15, 0.2) is 0 Å². The summed E-state index contributed by atoms with van der Waals surface area (Å²) in [5.74, 6) is 0.726. The summed E-state index contributed by atoms with van der Waals surface area (Å²) in [6.07, 6.45) is 2.46. The van der Waals surface area contributed by atoms with E-state index in [0.717, 1.165) is 16.9 Å². The molecule has 1 heterocycles. The smallest absolute Gasteiger partial charge is 0.0175 e. The summed E-state index contributed by atoms with van der Waals surface area (Å²) in [6, 6.07) is 8.73. The summed E-state index contributed by atoms with van der Waals surface area (Å²) in [4.78, 5) is 2.60. The number of nitrogens with one attached hydrogen (secondary N) is 1. The Hall–Kier alpha value is -0.380. The van der Waals surface area contributed by atoms with Crippen LogP contribution in [0.5, 0.6) is 0 Å². The SMILES string of the molecule is CC(Cc1ccc(Br)cc1)CN1CCCNCC1. The van der Waals surface area contributed by atoms with Crippen molar-refractivity contribution in [3.8, 4) is 0 Å². The Labute approximate surface area is 119 Å². The van der Waals surface area contributed by atoms with Crippen LogP contribution in [-0.2, 0) is 6.42 Å². The Morgan fingerprint density at radius 1 is 1.22 bits per heavy atom. The maximum atomic E-state index is 3.48. The number of halogens is 1. The molecular weight excluding hydrogens is 288 g/mol. The molecule has 1 saturated heterocycles. The van der Waals surface area contributed by atoms with Crippen molar-refractivity contribution >= 4 is 15.9 Å². The van der Waals surface area contributed by atoms with Crippen molar-refractivity contribution in [2.45, 2.75) is 19.8 Å². The minimum atomic E-state index is 0.726. The van der Waals surface area contributed by atoms with Crippen LogP contribution in [0.15, 0.2) is 28.7 Å². The van der Waals surface area contributed by atoms with Gasteiger partial charge in [-0.1, -0.05) is 35.0 Å². The van der Waals surface area contributed by atoms with Gasteiger partial charge in [-0.25, -0.2) is 0 Å². The van der Waals surface area contributed by atoms with Crippen molar-refractivity contribution in [2.24, 2.45) is 5.92 Å². The lowest BCUT2D eigenvalue weighted by Crippen LogP contribution is -2.32. The largest absolute Gasteiger partial charge is 0.315 e. The molecule has 1 fully saturated rings. The zero-order chi connectivity index (χ0) is 12.8. The third kappa shape index (κ3) is 4.71. The lowest BCUT2D eigenvalue weighted by Gasteiger charge is -2.23. The molecule has 1 aliphatic heterocycles. The van der Waals surface area contributed by atoms with Crippen molar-refractivity contribution in [1.29, 1.82) is 0 Å². The van der Waals surface area contributed by atoms with Gasteiger partial charge in [-0.3, -0.25) is 0 Å². The van der Waals surface area contributed by atoms with Crippen LogP contribution >= 0.6 is 15.9 Å². The monoisotopic (exact) mass is 310 g/mol. The van der Waals surface area contributed by atoms with Gasteiger partial charge >= 0.3 is 0 Å². The van der Waals surface area contributed by atoms with Gasteiger partial charge in [-0.15, -0.1) is 0 Å². The van der Waals surface area contributed by atoms with Crippen LogP contribution in [-0.4, -0.2) is 37.6 Å². The molecule has 0 spiro atoms. The van der Waals surface area contributed by atoms with Crippen LogP contribution in [0.25, 0.3) is 0 Å². The molecule has 18 heavy (non-hydrogen) atoms. The average molecular weight is 311 g/mol. The Balaban J connectivity index is 1.80. The molecule has 0 bridgehead atoms. The molecular formula is C15H23BrN2. The van der Waals surface area contributed by atoms with Crippen LogP contribution in [0.3, 0.4) is 0 Å². The topological polar surface area (TPSA) is 15.3 Å². The minimum absolute atomic E-state index is 0.726. The third-order valence-corrected chi connectivity index (χ3v) is 4.03. The third-order valence-electron chi connectivity index (χ3n) is 3.50. The van der Waals surface area contributed by atoms with E-state index >= 15 is 0 Å². The quantitative estimate of drug-likeness (QED) is 0.920. The summed E-state index contributed by atoms with van der Waals surface area (Å²) in [5.41, 5.74) is 1.44. The zero-order valence-corrected chi connectivity index (χ0v) is 12.7. The number of hydrogen-bond acceptors (Lipinski definition) is 2. The zero-order valence-electron chi connectivity index (χ0n) is 11.2.